The molecule has 14 heteroatoms. The van der Waals surface area contributed by atoms with Gasteiger partial charge in [0.2, 0.25) is 0 Å². The van der Waals surface area contributed by atoms with Crippen molar-refractivity contribution in [2.24, 2.45) is 0 Å². The van der Waals surface area contributed by atoms with Crippen LogP contribution in [0.1, 0.15) is 85.2 Å². The van der Waals surface area contributed by atoms with E-state index in [9.17, 15) is 36.6 Å². The van der Waals surface area contributed by atoms with Gasteiger partial charge < -0.3 is 20.6 Å². The Morgan fingerprint density at radius 1 is 1.23 bits per heavy atom. The number of rotatable bonds is 8. The van der Waals surface area contributed by atoms with E-state index in [2.05, 4.69) is 20.6 Å². The van der Waals surface area contributed by atoms with E-state index in [4.69, 9.17) is 0 Å². The molecule has 0 aromatic carbocycles. The number of aromatic nitrogens is 2. The van der Waals surface area contributed by atoms with Crippen molar-refractivity contribution in [2.75, 3.05) is 5.32 Å². The maximum Gasteiger partial charge on any atom is 0.408 e. The van der Waals surface area contributed by atoms with Gasteiger partial charge in [0, 0.05) is 29.4 Å². The van der Waals surface area contributed by atoms with Crippen LogP contribution in [0.3, 0.4) is 0 Å². The minimum atomic E-state index is -4.62. The monoisotopic (exact) mass is 575 g/mol. The first-order valence-corrected chi connectivity index (χ1v) is 13.6. The molecule has 1 aliphatic carbocycles. The highest BCUT2D eigenvalue weighted by atomic mass is 32.1. The predicted molar refractivity (Wildman–Crippen MR) is 135 cm³/mol. The zero-order valence-corrected chi connectivity index (χ0v) is 22.4. The fourth-order valence-electron chi connectivity index (χ4n) is 4.81. The fourth-order valence-corrected chi connectivity index (χ4v) is 5.80. The lowest BCUT2D eigenvalue weighted by molar-refractivity contribution is -0.138. The second kappa shape index (κ2) is 11.3. The highest BCUT2D eigenvalue weighted by Gasteiger charge is 2.39. The maximum atomic E-state index is 14.2. The Balaban J connectivity index is 1.77. The first kappa shape index (κ1) is 29.1. The van der Waals surface area contributed by atoms with E-state index < -0.39 is 54.0 Å². The highest BCUT2D eigenvalue weighted by Crippen LogP contribution is 2.40. The zero-order valence-electron chi connectivity index (χ0n) is 21.6. The molecule has 2 amide bonds. The molecule has 2 unspecified atom stereocenters. The van der Waals surface area contributed by atoms with Crippen molar-refractivity contribution in [1.82, 2.24) is 20.2 Å². The number of likely N-dealkylation sites (tertiary alicyclic amines) is 1. The van der Waals surface area contributed by atoms with Crippen LogP contribution in [0.4, 0.5) is 27.8 Å². The molecule has 3 heterocycles. The number of halogens is 5. The Morgan fingerprint density at radius 3 is 2.51 bits per heavy atom. The lowest BCUT2D eigenvalue weighted by Gasteiger charge is -2.32. The number of alkyl halides is 5. The number of hydrogen-bond donors (Lipinski definition) is 3. The van der Waals surface area contributed by atoms with Crippen molar-refractivity contribution in [3.8, 4) is 10.4 Å². The minimum absolute atomic E-state index is 0.0218. The summed E-state index contributed by atoms with van der Waals surface area (Å²) in [5, 5.41) is 14.4. The normalized spacial score (nSPS) is 24.0. The van der Waals surface area contributed by atoms with Crippen LogP contribution in [0.5, 0.6) is 0 Å². The molecule has 2 aliphatic rings. The van der Waals surface area contributed by atoms with E-state index >= 15 is 0 Å². The molecule has 39 heavy (non-hydrogen) atoms. The van der Waals surface area contributed by atoms with Gasteiger partial charge in [0.25, 0.3) is 18.2 Å². The summed E-state index contributed by atoms with van der Waals surface area (Å²) in [6.45, 7) is 4.64. The molecule has 3 N–H and O–H groups in total. The Bertz CT molecular complexity index is 1220. The lowest BCUT2D eigenvalue weighted by atomic mass is 9.89. The molecule has 5 atom stereocenters. The summed E-state index contributed by atoms with van der Waals surface area (Å²) in [4.78, 5) is 36.5. The molecule has 1 saturated heterocycles. The second-order valence-electron chi connectivity index (χ2n) is 9.99. The summed E-state index contributed by atoms with van der Waals surface area (Å²) in [6, 6.07) is -1.93. The molecular weight excluding hydrogens is 545 g/mol. The second-order valence-corrected chi connectivity index (χ2v) is 11.0. The average molecular weight is 576 g/mol. The molecule has 214 valence electrons. The molecule has 1 aliphatic heterocycles. The number of amides is 2. The summed E-state index contributed by atoms with van der Waals surface area (Å²) in [5.41, 5.74) is -1.04. The van der Waals surface area contributed by atoms with Crippen molar-refractivity contribution in [2.45, 2.75) is 95.7 Å². The number of aliphatic hydroxyl groups is 1. The molecule has 2 fully saturated rings. The number of aliphatic hydroxyl groups excluding tert-OH is 1. The van der Waals surface area contributed by atoms with Crippen LogP contribution >= 0.6 is 11.3 Å². The van der Waals surface area contributed by atoms with Gasteiger partial charge in [-0.25, -0.2) is 18.7 Å². The van der Waals surface area contributed by atoms with Gasteiger partial charge in [-0.3, -0.25) is 9.59 Å². The van der Waals surface area contributed by atoms with Crippen LogP contribution in [-0.2, 0) is 0 Å². The summed E-state index contributed by atoms with van der Waals surface area (Å²) in [6.07, 6.45) is -4.21. The van der Waals surface area contributed by atoms with Crippen molar-refractivity contribution in [3.05, 3.63) is 28.5 Å². The molecule has 4 rings (SSSR count). The van der Waals surface area contributed by atoms with Gasteiger partial charge >= 0.3 is 6.18 Å². The van der Waals surface area contributed by atoms with Gasteiger partial charge in [0.05, 0.1) is 17.0 Å². The third kappa shape index (κ3) is 6.01. The number of nitrogens with zero attached hydrogens (tertiary/aromatic N) is 3. The van der Waals surface area contributed by atoms with Gasteiger partial charge in [0.15, 0.2) is 5.01 Å². The van der Waals surface area contributed by atoms with E-state index in [1.807, 2.05) is 13.8 Å². The van der Waals surface area contributed by atoms with Gasteiger partial charge in [0.1, 0.15) is 17.6 Å². The van der Waals surface area contributed by atoms with E-state index in [0.29, 0.717) is 19.3 Å². The topological polar surface area (TPSA) is 107 Å². The van der Waals surface area contributed by atoms with Crippen LogP contribution in [0, 0.1) is 0 Å². The number of anilines is 1. The number of hydrogen-bond acceptors (Lipinski definition) is 7. The summed E-state index contributed by atoms with van der Waals surface area (Å²) in [7, 11) is 0. The molecular formula is C25H30F5N5O3S. The third-order valence-electron chi connectivity index (χ3n) is 7.34. The molecule has 0 spiro atoms. The SMILES string of the molecule is CCC1CCC(C)N1C(=O)c1nc(C(=O)N[C@H]2CC[C@@H]2O)sc1-c1cnc(N[C@@H](C)C(F)(F)F)cc1C(F)F. The first-order valence-electron chi connectivity index (χ1n) is 12.8. The number of nitrogens with one attached hydrogen (secondary N) is 2. The zero-order chi connectivity index (χ0) is 28.6. The van der Waals surface area contributed by atoms with Crippen LogP contribution in [0.2, 0.25) is 0 Å². The Morgan fingerprint density at radius 2 is 1.95 bits per heavy atom. The highest BCUT2D eigenvalue weighted by molar-refractivity contribution is 7.17. The van der Waals surface area contributed by atoms with Crippen LogP contribution in [0.25, 0.3) is 10.4 Å². The summed E-state index contributed by atoms with van der Waals surface area (Å²) < 4.78 is 67.4. The van der Waals surface area contributed by atoms with Crippen LogP contribution < -0.4 is 10.6 Å². The smallest absolute Gasteiger partial charge is 0.391 e. The van der Waals surface area contributed by atoms with Gasteiger partial charge in [-0.1, -0.05) is 6.92 Å². The number of thiazole rings is 1. The van der Waals surface area contributed by atoms with E-state index in [1.54, 1.807) is 4.90 Å². The molecule has 0 bridgehead atoms. The number of carbonyl (C=O) groups excluding carboxylic acids is 2. The van der Waals surface area contributed by atoms with E-state index in [1.165, 1.54) is 0 Å². The molecule has 8 nitrogen and oxygen atoms in total. The Hall–Kier alpha value is -2.87. The molecule has 2 aromatic heterocycles. The van der Waals surface area contributed by atoms with Crippen LogP contribution in [-0.4, -0.2) is 68.2 Å². The average Bonchev–Trinajstić information content (AvgIpc) is 3.49. The van der Waals surface area contributed by atoms with E-state index in [0.717, 1.165) is 43.4 Å². The van der Waals surface area contributed by atoms with Gasteiger partial charge in [-0.2, -0.15) is 13.2 Å². The van der Waals surface area contributed by atoms with Crippen LogP contribution in [0.15, 0.2) is 12.3 Å². The van der Waals surface area contributed by atoms with Gasteiger partial charge in [-0.05, 0) is 52.0 Å². The quantitative estimate of drug-likeness (QED) is 0.376. The van der Waals surface area contributed by atoms with Crippen molar-refractivity contribution in [1.29, 1.82) is 0 Å². The molecule has 1 saturated carbocycles. The molecule has 0 radical (unpaired) electrons. The largest absolute Gasteiger partial charge is 0.408 e. The summed E-state index contributed by atoms with van der Waals surface area (Å²) in [5.74, 6) is -1.59. The lowest BCUT2D eigenvalue weighted by Crippen LogP contribution is -2.50. The van der Waals surface area contributed by atoms with Crippen molar-refractivity contribution in [3.63, 3.8) is 0 Å². The van der Waals surface area contributed by atoms with Crippen molar-refractivity contribution >= 4 is 29.0 Å². The molecule has 2 aromatic rings. The fraction of sp³-hybridized carbons (Fsp3) is 0.600. The standard InChI is InChI=1S/C25H30F5N5O3S/c1-4-13-6-5-11(2)35(13)24(38)19-20(39-23(34-19)22(37)33-16-7-8-17(16)36)15-10-31-18(9-14(15)21(26)27)32-12(3)25(28,29)30/h9-13,16-17,21,36H,4-8H2,1-3H3,(H,31,32)(H,33,37)/t11?,12-,13?,16-,17-/m0/s1. The minimum Gasteiger partial charge on any atom is -0.391 e. The first-order chi connectivity index (χ1) is 18.3. The summed E-state index contributed by atoms with van der Waals surface area (Å²) >= 11 is 0.725. The number of pyridine rings is 1. The van der Waals surface area contributed by atoms with E-state index in [-0.39, 0.29) is 33.2 Å². The predicted octanol–water partition coefficient (Wildman–Crippen LogP) is 5.16. The third-order valence-corrected chi connectivity index (χ3v) is 8.43. The van der Waals surface area contributed by atoms with Crippen molar-refractivity contribution < 1.29 is 36.6 Å². The Labute approximate surface area is 226 Å². The maximum absolute atomic E-state index is 14.2. The number of carbonyl (C=O) groups is 2. The van der Waals surface area contributed by atoms with Gasteiger partial charge in [-0.15, -0.1) is 11.3 Å². The Kier molecular flexibility index (Phi) is 8.45.